The molecule has 0 N–H and O–H groups in total. The molecule has 4 rings (SSSR count). The molecule has 0 radical (unpaired) electrons. The Kier molecular flexibility index (Phi) is 5.19. The third-order valence-corrected chi connectivity index (χ3v) is 6.75. The average Bonchev–Trinajstić information content (AvgIpc) is 3.28. The predicted molar refractivity (Wildman–Crippen MR) is 105 cm³/mol. The maximum absolute atomic E-state index is 12.5. The lowest BCUT2D eigenvalue weighted by molar-refractivity contribution is 0.104. The first kappa shape index (κ1) is 18.7. The van der Waals surface area contributed by atoms with Gasteiger partial charge in [-0.2, -0.15) is 4.31 Å². The molecule has 0 aromatic heterocycles. The van der Waals surface area contributed by atoms with Gasteiger partial charge in [-0.15, -0.1) is 0 Å². The highest BCUT2D eigenvalue weighted by molar-refractivity contribution is 7.89. The van der Waals surface area contributed by atoms with Crippen LogP contribution in [0.2, 0.25) is 0 Å². The Morgan fingerprint density at radius 1 is 0.929 bits per heavy atom. The van der Waals surface area contributed by atoms with Gasteiger partial charge in [0.05, 0.1) is 4.90 Å². The van der Waals surface area contributed by atoms with Gasteiger partial charge in [0.15, 0.2) is 17.3 Å². The van der Waals surface area contributed by atoms with E-state index in [0.717, 1.165) is 18.4 Å². The molecule has 1 saturated heterocycles. The molecule has 0 atom stereocenters. The van der Waals surface area contributed by atoms with E-state index in [9.17, 15) is 13.2 Å². The first-order chi connectivity index (χ1) is 13.5. The Bertz CT molecular complexity index is 1010. The zero-order valence-electron chi connectivity index (χ0n) is 15.3. The lowest BCUT2D eigenvalue weighted by atomic mass is 10.1. The van der Waals surface area contributed by atoms with E-state index in [1.807, 2.05) is 18.2 Å². The number of carbonyl (C=O) groups is 1. The molecule has 6 nitrogen and oxygen atoms in total. The number of carbonyl (C=O) groups excluding carboxylic acids is 1. The summed E-state index contributed by atoms with van der Waals surface area (Å²) in [5.41, 5.74) is 1.26. The molecule has 2 aromatic carbocycles. The average molecular weight is 399 g/mol. The second-order valence-corrected chi connectivity index (χ2v) is 8.67. The van der Waals surface area contributed by atoms with Crippen molar-refractivity contribution in [1.82, 2.24) is 4.31 Å². The summed E-state index contributed by atoms with van der Waals surface area (Å²) in [5.74, 6) is 1.17. The summed E-state index contributed by atoms with van der Waals surface area (Å²) < 4.78 is 37.6. The molecule has 7 heteroatoms. The van der Waals surface area contributed by atoms with Crippen LogP contribution in [0, 0.1) is 0 Å². The van der Waals surface area contributed by atoms with Crippen LogP contribution < -0.4 is 9.47 Å². The van der Waals surface area contributed by atoms with Crippen molar-refractivity contribution >= 4 is 21.9 Å². The van der Waals surface area contributed by atoms with Gasteiger partial charge in [0.1, 0.15) is 13.2 Å². The van der Waals surface area contributed by atoms with Gasteiger partial charge in [-0.25, -0.2) is 8.42 Å². The number of hydrogen-bond donors (Lipinski definition) is 0. The molecule has 0 spiro atoms. The molecule has 1 fully saturated rings. The van der Waals surface area contributed by atoms with E-state index in [-0.39, 0.29) is 10.7 Å². The molecule has 0 unspecified atom stereocenters. The standard InChI is InChI=1S/C21H21NO5S/c23-19(9-3-16-4-10-20-21(15-16)27-14-13-26-20)17-5-7-18(8-6-17)28(24,25)22-11-1-2-12-22/h3-10,15H,1-2,11-14H2. The molecule has 0 bridgehead atoms. The van der Waals surface area contributed by atoms with Gasteiger partial charge in [-0.3, -0.25) is 4.79 Å². The topological polar surface area (TPSA) is 72.9 Å². The first-order valence-corrected chi connectivity index (χ1v) is 10.7. The Morgan fingerprint density at radius 3 is 2.32 bits per heavy atom. The number of allylic oxidation sites excluding steroid dienone is 1. The smallest absolute Gasteiger partial charge is 0.243 e. The zero-order chi connectivity index (χ0) is 19.6. The minimum Gasteiger partial charge on any atom is -0.486 e. The minimum absolute atomic E-state index is 0.194. The van der Waals surface area contributed by atoms with Crippen LogP contribution in [0.1, 0.15) is 28.8 Å². The van der Waals surface area contributed by atoms with Crippen LogP contribution in [-0.4, -0.2) is 44.8 Å². The molecule has 2 aliphatic heterocycles. The van der Waals surface area contributed by atoms with Crippen LogP contribution >= 0.6 is 0 Å². The Morgan fingerprint density at radius 2 is 1.61 bits per heavy atom. The highest BCUT2D eigenvalue weighted by Crippen LogP contribution is 2.31. The van der Waals surface area contributed by atoms with Crippen molar-refractivity contribution in [3.8, 4) is 11.5 Å². The van der Waals surface area contributed by atoms with Crippen molar-refractivity contribution in [2.75, 3.05) is 26.3 Å². The van der Waals surface area contributed by atoms with Gasteiger partial charge in [0.2, 0.25) is 10.0 Å². The van der Waals surface area contributed by atoms with Crippen molar-refractivity contribution in [2.45, 2.75) is 17.7 Å². The van der Waals surface area contributed by atoms with Crippen molar-refractivity contribution in [3.63, 3.8) is 0 Å². The van der Waals surface area contributed by atoms with Gasteiger partial charge in [-0.1, -0.05) is 12.1 Å². The van der Waals surface area contributed by atoms with Crippen LogP contribution in [0.15, 0.2) is 53.4 Å². The highest BCUT2D eigenvalue weighted by atomic mass is 32.2. The largest absolute Gasteiger partial charge is 0.486 e. The quantitative estimate of drug-likeness (QED) is 0.571. The first-order valence-electron chi connectivity index (χ1n) is 9.26. The van der Waals surface area contributed by atoms with Gasteiger partial charge in [0, 0.05) is 18.7 Å². The van der Waals surface area contributed by atoms with Crippen LogP contribution in [-0.2, 0) is 10.0 Å². The van der Waals surface area contributed by atoms with E-state index in [1.165, 1.54) is 22.5 Å². The molecule has 2 aliphatic rings. The second kappa shape index (κ2) is 7.77. The van der Waals surface area contributed by atoms with E-state index < -0.39 is 10.0 Å². The Hall–Kier alpha value is -2.64. The van der Waals surface area contributed by atoms with Gasteiger partial charge >= 0.3 is 0 Å². The zero-order valence-corrected chi connectivity index (χ0v) is 16.2. The van der Waals surface area contributed by atoms with Gasteiger partial charge in [0.25, 0.3) is 0 Å². The summed E-state index contributed by atoms with van der Waals surface area (Å²) in [6.07, 6.45) is 4.95. The van der Waals surface area contributed by atoms with E-state index in [2.05, 4.69) is 0 Å². The fraction of sp³-hybridized carbons (Fsp3) is 0.286. The third-order valence-electron chi connectivity index (χ3n) is 4.84. The normalized spacial score (nSPS) is 17.1. The molecular weight excluding hydrogens is 378 g/mol. The summed E-state index contributed by atoms with van der Waals surface area (Å²) in [6.45, 7) is 2.15. The van der Waals surface area contributed by atoms with Crippen LogP contribution in [0.5, 0.6) is 11.5 Å². The molecule has 0 aliphatic carbocycles. The number of benzene rings is 2. The molecule has 0 saturated carbocycles. The Labute approximate surface area is 164 Å². The van der Waals surface area contributed by atoms with E-state index in [1.54, 1.807) is 18.2 Å². The van der Waals surface area contributed by atoms with E-state index in [0.29, 0.717) is 43.4 Å². The minimum atomic E-state index is -3.47. The number of fused-ring (bicyclic) bond motifs is 1. The van der Waals surface area contributed by atoms with Crippen molar-refractivity contribution < 1.29 is 22.7 Å². The van der Waals surface area contributed by atoms with E-state index >= 15 is 0 Å². The molecule has 2 heterocycles. The van der Waals surface area contributed by atoms with Gasteiger partial charge < -0.3 is 9.47 Å². The summed E-state index contributed by atoms with van der Waals surface area (Å²) >= 11 is 0. The number of hydrogen-bond acceptors (Lipinski definition) is 5. The lowest BCUT2D eigenvalue weighted by Gasteiger charge is -2.18. The SMILES string of the molecule is O=C(C=Cc1ccc2c(c1)OCCO2)c1ccc(S(=O)(=O)N2CCCC2)cc1. The number of rotatable bonds is 5. The van der Waals surface area contributed by atoms with Crippen LogP contribution in [0.4, 0.5) is 0 Å². The number of nitrogens with zero attached hydrogens (tertiary/aromatic N) is 1. The highest BCUT2D eigenvalue weighted by Gasteiger charge is 2.27. The molecular formula is C21H21NO5S. The summed E-state index contributed by atoms with van der Waals surface area (Å²) in [4.78, 5) is 12.6. The molecule has 0 amide bonds. The summed E-state index contributed by atoms with van der Waals surface area (Å²) in [7, 11) is -3.47. The monoisotopic (exact) mass is 399 g/mol. The lowest BCUT2D eigenvalue weighted by Crippen LogP contribution is -2.27. The molecule has 28 heavy (non-hydrogen) atoms. The molecule has 146 valence electrons. The number of ketones is 1. The van der Waals surface area contributed by atoms with Gasteiger partial charge in [-0.05, 0) is 60.9 Å². The van der Waals surface area contributed by atoms with Crippen molar-refractivity contribution in [3.05, 3.63) is 59.7 Å². The third kappa shape index (κ3) is 3.81. The maximum Gasteiger partial charge on any atom is 0.243 e. The van der Waals surface area contributed by atoms with E-state index in [4.69, 9.17) is 9.47 Å². The van der Waals surface area contributed by atoms with Crippen LogP contribution in [0.25, 0.3) is 6.08 Å². The predicted octanol–water partition coefficient (Wildman–Crippen LogP) is 3.14. The fourth-order valence-corrected chi connectivity index (χ4v) is 4.82. The number of ether oxygens (including phenoxy) is 2. The molecule has 2 aromatic rings. The second-order valence-electron chi connectivity index (χ2n) is 6.74. The van der Waals surface area contributed by atoms with Crippen molar-refractivity contribution in [1.29, 1.82) is 0 Å². The summed E-state index contributed by atoms with van der Waals surface area (Å²) in [6, 6.07) is 11.6. The number of sulfonamides is 1. The van der Waals surface area contributed by atoms with Crippen molar-refractivity contribution in [2.24, 2.45) is 0 Å². The Balaban J connectivity index is 1.47. The maximum atomic E-state index is 12.5. The summed E-state index contributed by atoms with van der Waals surface area (Å²) in [5, 5.41) is 0. The fourth-order valence-electron chi connectivity index (χ4n) is 3.30. The van der Waals surface area contributed by atoms with Crippen LogP contribution in [0.3, 0.4) is 0 Å².